The van der Waals surface area contributed by atoms with E-state index in [0.717, 1.165) is 39.4 Å². The zero-order valence-corrected chi connectivity index (χ0v) is 27.6. The molecule has 1 nitrogen and oxygen atoms in total. The SMILES string of the molecule is C#Cc1c(/C=C2\Cc3ccccc3C2(C)C)c(-c2c3ccccc3c(-c3cccc4ccccc34)c3ccccc23)cc2cccc(O)c12. The molecule has 0 atom stereocenters. The predicted molar refractivity (Wildman–Crippen MR) is 208 cm³/mol. The van der Waals surface area contributed by atoms with Gasteiger partial charge in [0, 0.05) is 16.4 Å². The van der Waals surface area contributed by atoms with Crippen LogP contribution >= 0.6 is 0 Å². The molecule has 1 N–H and O–H groups in total. The fourth-order valence-corrected chi connectivity index (χ4v) is 8.40. The summed E-state index contributed by atoms with van der Waals surface area (Å²) in [4.78, 5) is 0. The average molecular weight is 627 g/mol. The number of benzene rings is 8. The number of terminal acetylenes is 1. The van der Waals surface area contributed by atoms with Gasteiger partial charge in [0.2, 0.25) is 0 Å². The topological polar surface area (TPSA) is 20.2 Å². The fraction of sp³-hybridized carbons (Fsp3) is 0.0833. The number of fused-ring (bicyclic) bond motifs is 5. The van der Waals surface area contributed by atoms with Gasteiger partial charge in [-0.05, 0) is 95.2 Å². The Balaban J connectivity index is 1.44. The highest BCUT2D eigenvalue weighted by atomic mass is 16.3. The van der Waals surface area contributed by atoms with Crippen LogP contribution in [-0.4, -0.2) is 5.11 Å². The van der Waals surface area contributed by atoms with E-state index in [0.29, 0.717) is 0 Å². The number of hydrogen-bond donors (Lipinski definition) is 1. The summed E-state index contributed by atoms with van der Waals surface area (Å²) in [7, 11) is 0. The standard InChI is InChI=1S/C48H34O/c1-4-34-41(29-33-27-31-16-6-12-25-43(31)48(33,2)3)42(28-32-18-14-26-44(49)45(32)34)47-39-22-10-8-20-37(39)46(38-21-9-11-23-40(38)47)36-24-13-17-30-15-5-7-19-35(30)36/h1,5-26,28-29,49H,27H2,2-3H3/b33-29+. The summed E-state index contributed by atoms with van der Waals surface area (Å²) >= 11 is 0. The molecule has 49 heavy (non-hydrogen) atoms. The Kier molecular flexibility index (Phi) is 6.51. The van der Waals surface area contributed by atoms with E-state index in [-0.39, 0.29) is 11.2 Å². The van der Waals surface area contributed by atoms with Gasteiger partial charge in [0.25, 0.3) is 0 Å². The second-order valence-electron chi connectivity index (χ2n) is 13.7. The van der Waals surface area contributed by atoms with Crippen LogP contribution < -0.4 is 0 Å². The molecule has 1 aliphatic carbocycles. The van der Waals surface area contributed by atoms with Gasteiger partial charge in [-0.25, -0.2) is 0 Å². The molecule has 0 aromatic heterocycles. The maximum Gasteiger partial charge on any atom is 0.124 e. The molecule has 0 saturated heterocycles. The Bertz CT molecular complexity index is 2670. The predicted octanol–water partition coefficient (Wildman–Crippen LogP) is 12.2. The summed E-state index contributed by atoms with van der Waals surface area (Å²) in [5.74, 6) is 3.26. The van der Waals surface area contributed by atoms with Gasteiger partial charge in [-0.3, -0.25) is 0 Å². The van der Waals surface area contributed by atoms with Crippen molar-refractivity contribution < 1.29 is 5.11 Å². The summed E-state index contributed by atoms with van der Waals surface area (Å²) in [6, 6.07) is 49.5. The van der Waals surface area contributed by atoms with E-state index in [4.69, 9.17) is 6.42 Å². The van der Waals surface area contributed by atoms with E-state index in [1.54, 1.807) is 6.07 Å². The van der Waals surface area contributed by atoms with E-state index < -0.39 is 0 Å². The molecule has 9 rings (SSSR count). The van der Waals surface area contributed by atoms with Crippen LogP contribution in [0.5, 0.6) is 5.75 Å². The van der Waals surface area contributed by atoms with Gasteiger partial charge in [0.15, 0.2) is 0 Å². The van der Waals surface area contributed by atoms with Gasteiger partial charge in [-0.2, -0.15) is 0 Å². The van der Waals surface area contributed by atoms with Crippen LogP contribution in [0, 0.1) is 12.3 Å². The summed E-state index contributed by atoms with van der Waals surface area (Å²) in [6.45, 7) is 4.62. The van der Waals surface area contributed by atoms with Crippen LogP contribution in [-0.2, 0) is 11.8 Å². The van der Waals surface area contributed by atoms with Crippen molar-refractivity contribution >= 4 is 49.2 Å². The molecule has 232 valence electrons. The van der Waals surface area contributed by atoms with Gasteiger partial charge in [-0.15, -0.1) is 6.42 Å². The molecular formula is C48H34O. The smallest absolute Gasteiger partial charge is 0.124 e. The van der Waals surface area contributed by atoms with E-state index in [9.17, 15) is 5.11 Å². The zero-order chi connectivity index (χ0) is 33.3. The third-order valence-electron chi connectivity index (χ3n) is 10.8. The van der Waals surface area contributed by atoms with Crippen molar-refractivity contribution in [2.24, 2.45) is 0 Å². The van der Waals surface area contributed by atoms with Gasteiger partial charge in [-0.1, -0.05) is 159 Å². The highest BCUT2D eigenvalue weighted by Crippen LogP contribution is 2.50. The molecule has 0 spiro atoms. The van der Waals surface area contributed by atoms with Crippen LogP contribution in [0.3, 0.4) is 0 Å². The number of rotatable bonds is 3. The summed E-state index contributed by atoms with van der Waals surface area (Å²) in [5.41, 5.74) is 10.2. The van der Waals surface area contributed by atoms with E-state index in [1.165, 1.54) is 60.1 Å². The molecule has 0 fully saturated rings. The minimum Gasteiger partial charge on any atom is -0.507 e. The Morgan fingerprint density at radius 2 is 1.16 bits per heavy atom. The first-order chi connectivity index (χ1) is 24.0. The van der Waals surface area contributed by atoms with Crippen molar-refractivity contribution in [3.05, 3.63) is 167 Å². The van der Waals surface area contributed by atoms with Crippen molar-refractivity contribution in [1.82, 2.24) is 0 Å². The first-order valence-corrected chi connectivity index (χ1v) is 16.9. The number of phenolic OH excluding ortho intramolecular Hbond substituents is 1. The number of phenols is 1. The highest BCUT2D eigenvalue weighted by Gasteiger charge is 2.34. The monoisotopic (exact) mass is 626 g/mol. The number of allylic oxidation sites excluding steroid dienone is 1. The molecule has 8 aromatic carbocycles. The van der Waals surface area contributed by atoms with Crippen molar-refractivity contribution in [2.75, 3.05) is 0 Å². The Labute approximate surface area is 286 Å². The van der Waals surface area contributed by atoms with Crippen molar-refractivity contribution in [3.63, 3.8) is 0 Å². The van der Waals surface area contributed by atoms with Crippen molar-refractivity contribution in [1.29, 1.82) is 0 Å². The third kappa shape index (κ3) is 4.35. The lowest BCUT2D eigenvalue weighted by atomic mass is 9.79. The fourth-order valence-electron chi connectivity index (χ4n) is 8.40. The van der Waals surface area contributed by atoms with Crippen LogP contribution in [0.2, 0.25) is 0 Å². The van der Waals surface area contributed by atoms with Gasteiger partial charge < -0.3 is 5.11 Å². The molecule has 8 aromatic rings. The lowest BCUT2D eigenvalue weighted by Crippen LogP contribution is -2.15. The quantitative estimate of drug-likeness (QED) is 0.153. The molecule has 0 bridgehead atoms. The molecule has 0 unspecified atom stereocenters. The summed E-state index contributed by atoms with van der Waals surface area (Å²) in [6.07, 6.45) is 9.63. The van der Waals surface area contributed by atoms with E-state index in [2.05, 4.69) is 153 Å². The number of aromatic hydroxyl groups is 1. The molecule has 1 heteroatoms. The lowest BCUT2D eigenvalue weighted by molar-refractivity contribution is 0.481. The molecule has 1 aliphatic rings. The largest absolute Gasteiger partial charge is 0.507 e. The van der Waals surface area contributed by atoms with Gasteiger partial charge in [0.1, 0.15) is 5.75 Å². The van der Waals surface area contributed by atoms with Crippen LogP contribution in [0.15, 0.2) is 145 Å². The summed E-state index contributed by atoms with van der Waals surface area (Å²) < 4.78 is 0. The van der Waals surface area contributed by atoms with Crippen molar-refractivity contribution in [3.8, 4) is 40.3 Å². The molecular weight excluding hydrogens is 593 g/mol. The Morgan fingerprint density at radius 1 is 0.612 bits per heavy atom. The van der Waals surface area contributed by atoms with Crippen molar-refractivity contribution in [2.45, 2.75) is 25.7 Å². The van der Waals surface area contributed by atoms with Crippen LogP contribution in [0.25, 0.3) is 71.4 Å². The molecule has 0 aliphatic heterocycles. The van der Waals surface area contributed by atoms with Gasteiger partial charge in [0.05, 0.1) is 0 Å². The molecule has 0 radical (unpaired) electrons. The Hall–Kier alpha value is -6.10. The average Bonchev–Trinajstić information content (AvgIpc) is 3.39. The maximum atomic E-state index is 11.3. The number of hydrogen-bond acceptors (Lipinski definition) is 1. The second kappa shape index (κ2) is 11.0. The molecule has 0 heterocycles. The van der Waals surface area contributed by atoms with E-state index >= 15 is 0 Å². The first-order valence-electron chi connectivity index (χ1n) is 16.9. The first kappa shape index (κ1) is 29.1. The normalized spacial score (nSPS) is 14.5. The Morgan fingerprint density at radius 3 is 1.84 bits per heavy atom. The minimum absolute atomic E-state index is 0.171. The maximum absolute atomic E-state index is 11.3. The third-order valence-corrected chi connectivity index (χ3v) is 10.8. The van der Waals surface area contributed by atoms with Gasteiger partial charge >= 0.3 is 0 Å². The second-order valence-corrected chi connectivity index (χ2v) is 13.7. The highest BCUT2D eigenvalue weighted by molar-refractivity contribution is 6.24. The van der Waals surface area contributed by atoms with Crippen LogP contribution in [0.1, 0.15) is 36.1 Å². The zero-order valence-electron chi connectivity index (χ0n) is 27.6. The molecule has 0 amide bonds. The summed E-state index contributed by atoms with van der Waals surface area (Å²) in [5, 5.41) is 20.1. The van der Waals surface area contributed by atoms with Crippen LogP contribution in [0.4, 0.5) is 0 Å². The minimum atomic E-state index is -0.171. The molecule has 0 saturated carbocycles. The van der Waals surface area contributed by atoms with E-state index in [1.807, 2.05) is 6.07 Å². The lowest BCUT2D eigenvalue weighted by Gasteiger charge is -2.24.